The van der Waals surface area contributed by atoms with Gasteiger partial charge in [-0.3, -0.25) is 0 Å². The second-order valence-corrected chi connectivity index (χ2v) is 7.10. The Bertz CT molecular complexity index is 516. The third-order valence-electron chi connectivity index (χ3n) is 2.41. The second kappa shape index (κ2) is 5.45. The SMILES string of the molecule is Cc1cc(C(F)(F)F)ccc1C=NS(=O)C(C)(C)C. The molecule has 0 heterocycles. The number of benzene rings is 1. The molecule has 0 fully saturated rings. The van der Waals surface area contributed by atoms with Crippen LogP contribution in [0, 0.1) is 6.92 Å². The first-order valence-electron chi connectivity index (χ1n) is 5.66. The van der Waals surface area contributed by atoms with Crippen molar-refractivity contribution in [3.63, 3.8) is 0 Å². The zero-order chi connectivity index (χ0) is 14.8. The molecule has 0 N–H and O–H groups in total. The maximum absolute atomic E-state index is 12.5. The van der Waals surface area contributed by atoms with Crippen LogP contribution in [0.5, 0.6) is 0 Å². The minimum Gasteiger partial charge on any atom is -0.234 e. The Kier molecular flexibility index (Phi) is 4.55. The summed E-state index contributed by atoms with van der Waals surface area (Å²) in [5.74, 6) is 0. The van der Waals surface area contributed by atoms with E-state index in [0.29, 0.717) is 11.1 Å². The molecular formula is C13H16F3NOS. The number of alkyl halides is 3. The highest BCUT2D eigenvalue weighted by Crippen LogP contribution is 2.30. The van der Waals surface area contributed by atoms with E-state index in [0.717, 1.165) is 12.1 Å². The molecule has 0 aromatic heterocycles. The van der Waals surface area contributed by atoms with Gasteiger partial charge in [0.2, 0.25) is 0 Å². The van der Waals surface area contributed by atoms with Crippen LogP contribution in [0.25, 0.3) is 0 Å². The predicted molar refractivity (Wildman–Crippen MR) is 71.7 cm³/mol. The van der Waals surface area contributed by atoms with Gasteiger partial charge in [0.05, 0.1) is 10.3 Å². The first-order chi connectivity index (χ1) is 8.51. The summed E-state index contributed by atoms with van der Waals surface area (Å²) in [4.78, 5) is 0. The molecule has 2 nitrogen and oxygen atoms in total. The first kappa shape index (κ1) is 15.9. The van der Waals surface area contributed by atoms with Crippen LogP contribution in [-0.2, 0) is 17.2 Å². The standard InChI is InChI=1S/C13H16F3NOS/c1-9-7-11(13(14,15)16)6-5-10(9)8-17-19(18)12(2,3)4/h5-8H,1-4H3. The van der Waals surface area contributed by atoms with Crippen molar-refractivity contribution < 1.29 is 17.4 Å². The molecule has 1 atom stereocenters. The Labute approximate surface area is 113 Å². The highest BCUT2D eigenvalue weighted by atomic mass is 32.2. The molecule has 106 valence electrons. The maximum atomic E-state index is 12.5. The minimum atomic E-state index is -4.35. The molecule has 0 radical (unpaired) electrons. The summed E-state index contributed by atoms with van der Waals surface area (Å²) in [6, 6.07) is 3.39. The van der Waals surface area contributed by atoms with E-state index in [1.165, 1.54) is 12.3 Å². The van der Waals surface area contributed by atoms with Gasteiger partial charge >= 0.3 is 6.18 Å². The maximum Gasteiger partial charge on any atom is 0.416 e. The first-order valence-corrected chi connectivity index (χ1v) is 6.76. The molecule has 0 aliphatic heterocycles. The lowest BCUT2D eigenvalue weighted by Gasteiger charge is -2.13. The van der Waals surface area contributed by atoms with Crippen molar-refractivity contribution in [3.8, 4) is 0 Å². The minimum absolute atomic E-state index is 0.449. The molecule has 0 bridgehead atoms. The van der Waals surface area contributed by atoms with Crippen molar-refractivity contribution in [2.24, 2.45) is 4.40 Å². The fourth-order valence-electron chi connectivity index (χ4n) is 1.26. The Balaban J connectivity index is 2.99. The molecule has 6 heteroatoms. The van der Waals surface area contributed by atoms with Crippen LogP contribution in [0.2, 0.25) is 0 Å². The van der Waals surface area contributed by atoms with Crippen molar-refractivity contribution >= 4 is 17.2 Å². The molecule has 0 amide bonds. The molecule has 1 unspecified atom stereocenters. The molecular weight excluding hydrogens is 275 g/mol. The average molecular weight is 291 g/mol. The summed E-state index contributed by atoms with van der Waals surface area (Å²) in [6.07, 6.45) is -2.99. The van der Waals surface area contributed by atoms with E-state index in [1.54, 1.807) is 27.7 Å². The van der Waals surface area contributed by atoms with Gasteiger partial charge in [0.15, 0.2) is 0 Å². The number of hydrogen-bond donors (Lipinski definition) is 0. The lowest BCUT2D eigenvalue weighted by atomic mass is 10.1. The Morgan fingerprint density at radius 2 is 1.79 bits per heavy atom. The molecule has 1 aromatic rings. The Morgan fingerprint density at radius 1 is 1.21 bits per heavy atom. The second-order valence-electron chi connectivity index (χ2n) is 5.17. The zero-order valence-electron chi connectivity index (χ0n) is 11.2. The van der Waals surface area contributed by atoms with E-state index in [4.69, 9.17) is 0 Å². The lowest BCUT2D eigenvalue weighted by Crippen LogP contribution is -2.19. The van der Waals surface area contributed by atoms with Gasteiger partial charge in [-0.15, -0.1) is 0 Å². The van der Waals surface area contributed by atoms with Crippen molar-refractivity contribution in [2.45, 2.75) is 38.6 Å². The molecule has 0 aliphatic rings. The van der Waals surface area contributed by atoms with Crippen molar-refractivity contribution in [2.75, 3.05) is 0 Å². The number of hydrogen-bond acceptors (Lipinski definition) is 1. The number of halogens is 3. The molecule has 1 rings (SSSR count). The van der Waals surface area contributed by atoms with Gasteiger partial charge < -0.3 is 0 Å². The van der Waals surface area contributed by atoms with E-state index in [1.807, 2.05) is 0 Å². The van der Waals surface area contributed by atoms with Crippen LogP contribution in [0.15, 0.2) is 22.6 Å². The van der Waals surface area contributed by atoms with Crippen molar-refractivity contribution in [1.82, 2.24) is 0 Å². The largest absolute Gasteiger partial charge is 0.416 e. The number of aryl methyl sites for hydroxylation is 1. The Morgan fingerprint density at radius 3 is 2.21 bits per heavy atom. The van der Waals surface area contributed by atoms with Gasteiger partial charge in [-0.05, 0) is 51.0 Å². The summed E-state index contributed by atoms with van der Waals surface area (Å²) in [7, 11) is -1.42. The molecule has 0 aliphatic carbocycles. The highest BCUT2D eigenvalue weighted by molar-refractivity contribution is 7.85. The van der Waals surface area contributed by atoms with Crippen LogP contribution >= 0.6 is 0 Å². The van der Waals surface area contributed by atoms with Gasteiger partial charge in [0, 0.05) is 6.21 Å². The molecule has 0 spiro atoms. The summed E-state index contributed by atoms with van der Waals surface area (Å²) >= 11 is 0. The zero-order valence-corrected chi connectivity index (χ0v) is 12.0. The van der Waals surface area contributed by atoms with E-state index >= 15 is 0 Å². The third-order valence-corrected chi connectivity index (χ3v) is 3.75. The monoisotopic (exact) mass is 291 g/mol. The number of rotatable bonds is 2. The molecule has 1 aromatic carbocycles. The van der Waals surface area contributed by atoms with Crippen LogP contribution in [0.3, 0.4) is 0 Å². The molecule has 19 heavy (non-hydrogen) atoms. The van der Waals surface area contributed by atoms with Gasteiger partial charge in [0.1, 0.15) is 11.0 Å². The fraction of sp³-hybridized carbons (Fsp3) is 0.462. The lowest BCUT2D eigenvalue weighted by molar-refractivity contribution is -0.137. The quantitative estimate of drug-likeness (QED) is 0.760. The van der Waals surface area contributed by atoms with E-state index in [2.05, 4.69) is 4.40 Å². The van der Waals surface area contributed by atoms with Crippen LogP contribution in [0.1, 0.15) is 37.5 Å². The molecule has 0 saturated heterocycles. The topological polar surface area (TPSA) is 29.4 Å². The average Bonchev–Trinajstić information content (AvgIpc) is 2.24. The van der Waals surface area contributed by atoms with Gasteiger partial charge in [-0.2, -0.15) is 17.6 Å². The normalized spacial score (nSPS) is 14.9. The van der Waals surface area contributed by atoms with E-state index in [-0.39, 0.29) is 0 Å². The van der Waals surface area contributed by atoms with E-state index < -0.39 is 27.5 Å². The van der Waals surface area contributed by atoms with Crippen molar-refractivity contribution in [3.05, 3.63) is 34.9 Å². The van der Waals surface area contributed by atoms with Gasteiger partial charge in [-0.25, -0.2) is 4.21 Å². The van der Waals surface area contributed by atoms with Crippen LogP contribution in [0.4, 0.5) is 13.2 Å². The summed E-state index contributed by atoms with van der Waals surface area (Å²) in [5.41, 5.74) is 0.286. The predicted octanol–water partition coefficient (Wildman–Crippen LogP) is 3.89. The highest BCUT2D eigenvalue weighted by Gasteiger charge is 2.30. The van der Waals surface area contributed by atoms with Gasteiger partial charge in [-0.1, -0.05) is 6.07 Å². The summed E-state index contributed by atoms with van der Waals surface area (Å²) in [6.45, 7) is 6.90. The molecule has 0 saturated carbocycles. The van der Waals surface area contributed by atoms with E-state index in [9.17, 15) is 17.4 Å². The number of nitrogens with zero attached hydrogens (tertiary/aromatic N) is 1. The fourth-order valence-corrected chi connectivity index (χ4v) is 1.79. The summed E-state index contributed by atoms with van der Waals surface area (Å²) < 4.78 is 52.6. The van der Waals surface area contributed by atoms with Crippen LogP contribution in [-0.4, -0.2) is 15.2 Å². The summed E-state index contributed by atoms with van der Waals surface area (Å²) in [5, 5.41) is 0. The Hall–Kier alpha value is -1.17. The smallest absolute Gasteiger partial charge is 0.234 e. The van der Waals surface area contributed by atoms with Gasteiger partial charge in [0.25, 0.3) is 0 Å². The third kappa shape index (κ3) is 4.45. The van der Waals surface area contributed by atoms with Crippen LogP contribution < -0.4 is 0 Å². The van der Waals surface area contributed by atoms with Crippen molar-refractivity contribution in [1.29, 1.82) is 0 Å².